The normalized spacial score (nSPS) is 11.3. The number of carbonyl (C=O) groups excluding carboxylic acids is 1. The Morgan fingerprint density at radius 1 is 1.12 bits per heavy atom. The lowest BCUT2D eigenvalue weighted by Gasteiger charge is -2.18. The summed E-state index contributed by atoms with van der Waals surface area (Å²) in [5, 5.41) is 11.7. The van der Waals surface area contributed by atoms with Crippen molar-refractivity contribution in [2.75, 3.05) is 0 Å². The van der Waals surface area contributed by atoms with Crippen LogP contribution in [0.4, 0.5) is 10.5 Å². The van der Waals surface area contributed by atoms with Gasteiger partial charge in [-0.1, -0.05) is 30.3 Å². The number of nitrogens with zero attached hydrogens (tertiary/aromatic N) is 2. The van der Waals surface area contributed by atoms with E-state index in [-0.39, 0.29) is 5.69 Å². The van der Waals surface area contributed by atoms with E-state index in [0.717, 1.165) is 5.56 Å². The highest BCUT2D eigenvalue weighted by Gasteiger charge is 2.21. The molecule has 3 rings (SSSR count). The highest BCUT2D eigenvalue weighted by molar-refractivity contribution is 5.97. The molecule has 0 radical (unpaired) electrons. The van der Waals surface area contributed by atoms with E-state index in [1.807, 2.05) is 30.3 Å². The number of hydrogen-bond donors (Lipinski definition) is 0. The molecule has 26 heavy (non-hydrogen) atoms. The molecule has 1 aromatic heterocycles. The van der Waals surface area contributed by atoms with Crippen molar-refractivity contribution in [1.29, 1.82) is 0 Å². The van der Waals surface area contributed by atoms with Crippen LogP contribution in [0.25, 0.3) is 22.0 Å². The minimum absolute atomic E-state index is 0.0373. The summed E-state index contributed by atoms with van der Waals surface area (Å²) in [5.74, 6) is 0. The summed E-state index contributed by atoms with van der Waals surface area (Å²) >= 11 is 0. The van der Waals surface area contributed by atoms with Crippen molar-refractivity contribution >= 4 is 22.7 Å². The number of nitro benzene ring substituents is 1. The molecule has 7 heteroatoms. The molecule has 0 saturated heterocycles. The summed E-state index contributed by atoms with van der Waals surface area (Å²) in [5.41, 5.74) is 1.36. The first-order valence-corrected chi connectivity index (χ1v) is 8.01. The van der Waals surface area contributed by atoms with E-state index >= 15 is 0 Å². The molecule has 0 N–H and O–H groups in total. The van der Waals surface area contributed by atoms with Crippen molar-refractivity contribution in [2.45, 2.75) is 26.4 Å². The molecular formula is C19H18N2O5. The van der Waals surface area contributed by atoms with Crippen molar-refractivity contribution in [1.82, 2.24) is 4.73 Å². The standard InChI is InChI=1S/C19H18N2O5/c1-19(2,3)25-18(22)26-20-12-16(13-7-5-4-6-8-13)15-11-14(21(23)24)9-10-17(15)20/h4-12H,1-3H3. The van der Waals surface area contributed by atoms with Crippen LogP contribution in [-0.2, 0) is 4.74 Å². The first-order chi connectivity index (χ1) is 12.2. The Bertz CT molecular complexity index is 971. The molecule has 2 aromatic carbocycles. The van der Waals surface area contributed by atoms with Crippen LogP contribution in [0.2, 0.25) is 0 Å². The number of rotatable bonds is 3. The highest BCUT2D eigenvalue weighted by atomic mass is 16.8. The fraction of sp³-hybridized carbons (Fsp3) is 0.211. The van der Waals surface area contributed by atoms with E-state index in [2.05, 4.69) is 0 Å². The predicted molar refractivity (Wildman–Crippen MR) is 96.8 cm³/mol. The van der Waals surface area contributed by atoms with Gasteiger partial charge in [-0.3, -0.25) is 10.1 Å². The lowest BCUT2D eigenvalue weighted by molar-refractivity contribution is -0.384. The van der Waals surface area contributed by atoms with Gasteiger partial charge in [0.1, 0.15) is 5.60 Å². The van der Waals surface area contributed by atoms with Gasteiger partial charge in [0, 0.05) is 23.1 Å². The molecule has 0 aliphatic rings. The molecule has 0 aliphatic heterocycles. The van der Waals surface area contributed by atoms with E-state index in [1.54, 1.807) is 33.0 Å². The molecule has 0 amide bonds. The number of benzene rings is 2. The summed E-state index contributed by atoms with van der Waals surface area (Å²) in [7, 11) is 0. The van der Waals surface area contributed by atoms with Crippen molar-refractivity contribution < 1.29 is 19.3 Å². The minimum atomic E-state index is -0.854. The smallest absolute Gasteiger partial charge is 0.427 e. The summed E-state index contributed by atoms with van der Waals surface area (Å²) in [6, 6.07) is 13.7. The van der Waals surface area contributed by atoms with E-state index in [4.69, 9.17) is 9.57 Å². The number of ether oxygens (including phenoxy) is 1. The maximum atomic E-state index is 12.0. The average molecular weight is 354 g/mol. The van der Waals surface area contributed by atoms with Gasteiger partial charge in [0.25, 0.3) is 5.69 Å². The minimum Gasteiger partial charge on any atom is -0.427 e. The number of fused-ring (bicyclic) bond motifs is 1. The second kappa shape index (κ2) is 6.51. The van der Waals surface area contributed by atoms with Crippen LogP contribution in [0.1, 0.15) is 20.8 Å². The zero-order chi connectivity index (χ0) is 18.9. The topological polar surface area (TPSA) is 83.6 Å². The largest absolute Gasteiger partial charge is 0.534 e. The Hall–Kier alpha value is -3.35. The van der Waals surface area contributed by atoms with Crippen LogP contribution in [0.15, 0.2) is 54.7 Å². The number of hydrogen-bond acceptors (Lipinski definition) is 5. The molecule has 0 saturated carbocycles. The Morgan fingerprint density at radius 2 is 1.81 bits per heavy atom. The Labute approximate surface area is 149 Å². The molecule has 0 aliphatic carbocycles. The SMILES string of the molecule is CC(C)(C)OC(=O)On1cc(-c2ccccc2)c2cc([N+](=O)[O-])ccc21. The van der Waals surface area contributed by atoms with Crippen LogP contribution in [0, 0.1) is 10.1 Å². The molecular weight excluding hydrogens is 336 g/mol. The van der Waals surface area contributed by atoms with Gasteiger partial charge in [-0.05, 0) is 32.4 Å². The van der Waals surface area contributed by atoms with Crippen molar-refractivity contribution in [2.24, 2.45) is 0 Å². The third kappa shape index (κ3) is 3.66. The molecule has 0 unspecified atom stereocenters. The Kier molecular flexibility index (Phi) is 4.38. The maximum absolute atomic E-state index is 12.0. The second-order valence-corrected chi connectivity index (χ2v) is 6.75. The molecule has 3 aromatic rings. The molecule has 0 bridgehead atoms. The fourth-order valence-electron chi connectivity index (χ4n) is 2.57. The summed E-state index contributed by atoms with van der Waals surface area (Å²) in [4.78, 5) is 28.0. The Balaban J connectivity index is 2.10. The molecule has 0 spiro atoms. The molecule has 0 fully saturated rings. The third-order valence-electron chi connectivity index (χ3n) is 3.61. The van der Waals surface area contributed by atoms with Gasteiger partial charge in [0.2, 0.25) is 0 Å². The highest BCUT2D eigenvalue weighted by Crippen LogP contribution is 2.32. The van der Waals surface area contributed by atoms with Gasteiger partial charge in [0.05, 0.1) is 16.6 Å². The number of carbonyl (C=O) groups is 1. The molecule has 1 heterocycles. The summed E-state index contributed by atoms with van der Waals surface area (Å²) < 4.78 is 6.45. The Morgan fingerprint density at radius 3 is 2.42 bits per heavy atom. The van der Waals surface area contributed by atoms with Gasteiger partial charge < -0.3 is 9.57 Å². The van der Waals surface area contributed by atoms with Crippen LogP contribution >= 0.6 is 0 Å². The predicted octanol–water partition coefficient (Wildman–Crippen LogP) is 4.58. The van der Waals surface area contributed by atoms with E-state index in [1.165, 1.54) is 16.9 Å². The lowest BCUT2D eigenvalue weighted by atomic mass is 10.0. The van der Waals surface area contributed by atoms with Gasteiger partial charge in [0.15, 0.2) is 0 Å². The summed E-state index contributed by atoms with van der Waals surface area (Å²) in [6.45, 7) is 5.21. The van der Waals surface area contributed by atoms with Crippen molar-refractivity contribution in [3.05, 3.63) is 64.8 Å². The fourth-order valence-corrected chi connectivity index (χ4v) is 2.57. The lowest BCUT2D eigenvalue weighted by Crippen LogP contribution is -2.29. The van der Waals surface area contributed by atoms with Crippen LogP contribution in [-0.4, -0.2) is 21.4 Å². The van der Waals surface area contributed by atoms with Crippen LogP contribution < -0.4 is 4.84 Å². The first-order valence-electron chi connectivity index (χ1n) is 8.01. The van der Waals surface area contributed by atoms with Gasteiger partial charge in [-0.2, -0.15) is 4.73 Å². The van der Waals surface area contributed by atoms with Gasteiger partial charge in [-0.15, -0.1) is 0 Å². The average Bonchev–Trinajstić information content (AvgIpc) is 2.91. The summed E-state index contributed by atoms with van der Waals surface area (Å²) in [6.07, 6.45) is 0.764. The first kappa shape index (κ1) is 17.5. The monoisotopic (exact) mass is 354 g/mol. The van der Waals surface area contributed by atoms with Gasteiger partial charge in [-0.25, -0.2) is 4.79 Å². The van der Waals surface area contributed by atoms with Crippen LogP contribution in [0.5, 0.6) is 0 Å². The van der Waals surface area contributed by atoms with E-state index in [0.29, 0.717) is 16.5 Å². The maximum Gasteiger partial charge on any atom is 0.534 e. The molecule has 0 atom stereocenters. The zero-order valence-corrected chi connectivity index (χ0v) is 14.6. The van der Waals surface area contributed by atoms with Crippen LogP contribution in [0.3, 0.4) is 0 Å². The molecule has 7 nitrogen and oxygen atoms in total. The number of non-ortho nitro benzene ring substituents is 1. The van der Waals surface area contributed by atoms with Crippen molar-refractivity contribution in [3.8, 4) is 11.1 Å². The number of nitro groups is 1. The number of aromatic nitrogens is 1. The van der Waals surface area contributed by atoms with Crippen molar-refractivity contribution in [3.63, 3.8) is 0 Å². The molecule has 134 valence electrons. The quantitative estimate of drug-likeness (QED) is 0.390. The second-order valence-electron chi connectivity index (χ2n) is 6.75. The zero-order valence-electron chi connectivity index (χ0n) is 14.6. The van der Waals surface area contributed by atoms with E-state index in [9.17, 15) is 14.9 Å². The van der Waals surface area contributed by atoms with E-state index < -0.39 is 16.7 Å². The van der Waals surface area contributed by atoms with Gasteiger partial charge >= 0.3 is 6.16 Å². The third-order valence-corrected chi connectivity index (χ3v) is 3.61.